The van der Waals surface area contributed by atoms with Gasteiger partial charge >= 0.3 is 0 Å². The molecule has 6 aromatic carbocycles. The van der Waals surface area contributed by atoms with E-state index in [4.69, 9.17) is 8.83 Å². The smallest absolute Gasteiger partial charge is 0.137 e. The molecule has 0 saturated carbocycles. The van der Waals surface area contributed by atoms with Gasteiger partial charge in [-0.05, 0) is 83.2 Å². The predicted octanol–water partition coefficient (Wildman–Crippen LogP) is 11.2. The molecule has 9 aromatic rings. The van der Waals surface area contributed by atoms with Gasteiger partial charge in [0, 0.05) is 62.5 Å². The highest BCUT2D eigenvalue weighted by Gasteiger charge is 2.18. The van der Waals surface area contributed by atoms with Crippen LogP contribution in [0, 0.1) is 0 Å². The van der Waals surface area contributed by atoms with E-state index >= 15 is 0 Å². The molecule has 0 amide bonds. The number of para-hydroxylation sites is 1. The number of nitrogens with zero attached hydrogens (tertiary/aromatic N) is 2. The second-order valence-corrected chi connectivity index (χ2v) is 10.9. The van der Waals surface area contributed by atoms with Gasteiger partial charge in [0.05, 0.1) is 0 Å². The standard InChI is InChI=1S/C39H24N2O2/c1-2-6-25(7-3-1)26-10-12-29(13-11-26)41(31-14-16-33-32-8-4-5-9-36(32)42-39(33)23-31)30-15-17-37-35(22-30)34-20-28-24-40-19-18-27(28)21-38(34)43-37/h1-24H. The van der Waals surface area contributed by atoms with Crippen molar-refractivity contribution in [3.63, 3.8) is 0 Å². The van der Waals surface area contributed by atoms with Crippen LogP contribution in [0.3, 0.4) is 0 Å². The van der Waals surface area contributed by atoms with Gasteiger partial charge in [0.2, 0.25) is 0 Å². The van der Waals surface area contributed by atoms with Crippen LogP contribution in [-0.2, 0) is 0 Å². The first-order valence-corrected chi connectivity index (χ1v) is 14.4. The Morgan fingerprint density at radius 1 is 0.419 bits per heavy atom. The molecule has 9 rings (SSSR count). The molecule has 0 bridgehead atoms. The Balaban J connectivity index is 1.24. The molecule has 43 heavy (non-hydrogen) atoms. The molecule has 0 N–H and O–H groups in total. The van der Waals surface area contributed by atoms with Crippen LogP contribution >= 0.6 is 0 Å². The Morgan fingerprint density at radius 3 is 1.95 bits per heavy atom. The number of rotatable bonds is 4. The molecule has 0 spiro atoms. The van der Waals surface area contributed by atoms with Gasteiger partial charge < -0.3 is 13.7 Å². The van der Waals surface area contributed by atoms with Crippen LogP contribution in [0.4, 0.5) is 17.1 Å². The molecule has 0 aliphatic heterocycles. The minimum atomic E-state index is 0.856. The number of aromatic nitrogens is 1. The summed E-state index contributed by atoms with van der Waals surface area (Å²) in [7, 11) is 0. The molecule has 4 heteroatoms. The number of pyridine rings is 1. The van der Waals surface area contributed by atoms with Crippen molar-refractivity contribution < 1.29 is 8.83 Å². The van der Waals surface area contributed by atoms with Crippen molar-refractivity contribution in [2.45, 2.75) is 0 Å². The van der Waals surface area contributed by atoms with Gasteiger partial charge in [-0.15, -0.1) is 0 Å². The molecule has 4 nitrogen and oxygen atoms in total. The Hall–Kier alpha value is -5.87. The first-order chi connectivity index (χ1) is 21.3. The van der Waals surface area contributed by atoms with Crippen LogP contribution in [0.2, 0.25) is 0 Å². The fourth-order valence-electron chi connectivity index (χ4n) is 6.22. The Labute approximate surface area is 247 Å². The predicted molar refractivity (Wildman–Crippen MR) is 176 cm³/mol. The van der Waals surface area contributed by atoms with Crippen molar-refractivity contribution in [3.05, 3.63) is 146 Å². The fourth-order valence-corrected chi connectivity index (χ4v) is 6.22. The Morgan fingerprint density at radius 2 is 1.07 bits per heavy atom. The van der Waals surface area contributed by atoms with Gasteiger partial charge in [-0.2, -0.15) is 0 Å². The summed E-state index contributed by atoms with van der Waals surface area (Å²) < 4.78 is 12.6. The molecule has 202 valence electrons. The van der Waals surface area contributed by atoms with E-state index in [0.29, 0.717) is 0 Å². The number of fused-ring (bicyclic) bond motifs is 7. The lowest BCUT2D eigenvalue weighted by molar-refractivity contribution is 0.668. The lowest BCUT2D eigenvalue weighted by Crippen LogP contribution is -2.09. The largest absolute Gasteiger partial charge is 0.456 e. The van der Waals surface area contributed by atoms with Crippen molar-refractivity contribution >= 4 is 71.7 Å². The zero-order valence-electron chi connectivity index (χ0n) is 23.1. The van der Waals surface area contributed by atoms with Crippen LogP contribution in [0.1, 0.15) is 0 Å². The third kappa shape index (κ3) is 3.88. The molecule has 0 aliphatic carbocycles. The second-order valence-electron chi connectivity index (χ2n) is 10.9. The summed E-state index contributed by atoms with van der Waals surface area (Å²) in [6.07, 6.45) is 3.72. The Bertz CT molecular complexity index is 2450. The van der Waals surface area contributed by atoms with E-state index in [-0.39, 0.29) is 0 Å². The first kappa shape index (κ1) is 23.8. The third-order valence-electron chi connectivity index (χ3n) is 8.32. The molecule has 0 saturated heterocycles. The molecule has 0 radical (unpaired) electrons. The van der Waals surface area contributed by atoms with Gasteiger partial charge in [-0.1, -0.05) is 60.7 Å². The van der Waals surface area contributed by atoms with Crippen molar-refractivity contribution in [1.82, 2.24) is 4.98 Å². The van der Waals surface area contributed by atoms with E-state index in [9.17, 15) is 0 Å². The highest BCUT2D eigenvalue weighted by atomic mass is 16.3. The summed E-state index contributed by atoms with van der Waals surface area (Å²) in [4.78, 5) is 6.61. The first-order valence-electron chi connectivity index (χ1n) is 14.4. The van der Waals surface area contributed by atoms with E-state index in [1.54, 1.807) is 0 Å². The van der Waals surface area contributed by atoms with E-state index in [0.717, 1.165) is 71.7 Å². The molecule has 0 atom stereocenters. The highest BCUT2D eigenvalue weighted by Crippen LogP contribution is 2.41. The fraction of sp³-hybridized carbons (Fsp3) is 0. The van der Waals surface area contributed by atoms with Crippen molar-refractivity contribution in [3.8, 4) is 11.1 Å². The summed E-state index contributed by atoms with van der Waals surface area (Å²) in [6.45, 7) is 0. The summed E-state index contributed by atoms with van der Waals surface area (Å²) in [5, 5.41) is 6.57. The molecule has 3 aromatic heterocycles. The maximum absolute atomic E-state index is 6.31. The maximum Gasteiger partial charge on any atom is 0.137 e. The minimum absolute atomic E-state index is 0.856. The quantitative estimate of drug-likeness (QED) is 0.218. The topological polar surface area (TPSA) is 42.4 Å². The van der Waals surface area contributed by atoms with Gasteiger partial charge in [0.1, 0.15) is 22.3 Å². The lowest BCUT2D eigenvalue weighted by Gasteiger charge is -2.25. The number of furan rings is 2. The molecule has 3 heterocycles. The summed E-state index contributed by atoms with van der Waals surface area (Å²) >= 11 is 0. The molecule has 0 unspecified atom stereocenters. The number of hydrogen-bond donors (Lipinski definition) is 0. The molecule has 0 aliphatic rings. The maximum atomic E-state index is 6.31. The summed E-state index contributed by atoms with van der Waals surface area (Å²) in [5.41, 5.74) is 8.94. The van der Waals surface area contributed by atoms with Crippen molar-refractivity contribution in [1.29, 1.82) is 0 Å². The van der Waals surface area contributed by atoms with Gasteiger partial charge in [-0.25, -0.2) is 0 Å². The zero-order chi connectivity index (χ0) is 28.3. The lowest BCUT2D eigenvalue weighted by atomic mass is 10.0. The average Bonchev–Trinajstić information content (AvgIpc) is 3.61. The summed E-state index contributed by atoms with van der Waals surface area (Å²) in [6, 6.07) is 46.6. The monoisotopic (exact) mass is 552 g/mol. The number of benzene rings is 6. The minimum Gasteiger partial charge on any atom is -0.456 e. The molecular weight excluding hydrogens is 528 g/mol. The van der Waals surface area contributed by atoms with E-state index in [1.165, 1.54) is 11.1 Å². The van der Waals surface area contributed by atoms with E-state index in [2.05, 4.69) is 119 Å². The van der Waals surface area contributed by atoms with Crippen molar-refractivity contribution in [2.75, 3.05) is 4.90 Å². The van der Waals surface area contributed by atoms with Crippen LogP contribution in [0.15, 0.2) is 155 Å². The van der Waals surface area contributed by atoms with Crippen LogP contribution in [0.25, 0.3) is 65.8 Å². The average molecular weight is 553 g/mol. The highest BCUT2D eigenvalue weighted by molar-refractivity contribution is 6.11. The second kappa shape index (κ2) is 9.33. The number of hydrogen-bond acceptors (Lipinski definition) is 4. The van der Waals surface area contributed by atoms with E-state index in [1.807, 2.05) is 36.7 Å². The van der Waals surface area contributed by atoms with Gasteiger partial charge in [-0.3, -0.25) is 4.98 Å². The van der Waals surface area contributed by atoms with Crippen molar-refractivity contribution in [2.24, 2.45) is 0 Å². The third-order valence-corrected chi connectivity index (χ3v) is 8.32. The van der Waals surface area contributed by atoms with Gasteiger partial charge in [0.25, 0.3) is 0 Å². The normalized spacial score (nSPS) is 11.7. The van der Waals surface area contributed by atoms with Crippen LogP contribution in [0.5, 0.6) is 0 Å². The molecular formula is C39H24N2O2. The number of anilines is 3. The summed E-state index contributed by atoms with van der Waals surface area (Å²) in [5.74, 6) is 0. The van der Waals surface area contributed by atoms with Crippen LogP contribution in [-0.4, -0.2) is 4.98 Å². The SMILES string of the molecule is c1ccc(-c2ccc(N(c3ccc4c(c3)oc3ccccc34)c3ccc4oc5cc6ccncc6cc5c4c3)cc2)cc1. The van der Waals surface area contributed by atoms with Crippen LogP contribution < -0.4 is 4.90 Å². The van der Waals surface area contributed by atoms with Gasteiger partial charge in [0.15, 0.2) is 0 Å². The zero-order valence-corrected chi connectivity index (χ0v) is 23.1. The Kier molecular flexibility index (Phi) is 5.16. The van der Waals surface area contributed by atoms with E-state index < -0.39 is 0 Å². The molecule has 0 fully saturated rings.